The molecule has 2 heterocycles. The molecule has 1 saturated heterocycles. The van der Waals surface area contributed by atoms with Crippen LogP contribution in [0.5, 0.6) is 0 Å². The second kappa shape index (κ2) is 4.04. The number of ether oxygens (including phenoxy) is 1. The highest BCUT2D eigenvalue weighted by atomic mass is 79.9. The summed E-state index contributed by atoms with van der Waals surface area (Å²) in [5.41, 5.74) is 0.323. The Morgan fingerprint density at radius 1 is 1.50 bits per heavy atom. The van der Waals surface area contributed by atoms with Gasteiger partial charge in [-0.15, -0.1) is 0 Å². The summed E-state index contributed by atoms with van der Waals surface area (Å²) < 4.78 is 11.3. The van der Waals surface area contributed by atoms with Gasteiger partial charge in [-0.2, -0.15) is 0 Å². The minimum Gasteiger partial charge on any atom is -0.453 e. The molecule has 1 aliphatic rings. The maximum Gasteiger partial charge on any atom is 0.169 e. The summed E-state index contributed by atoms with van der Waals surface area (Å²) >= 11 is 3.27. The van der Waals surface area contributed by atoms with Gasteiger partial charge >= 0.3 is 0 Å². The van der Waals surface area contributed by atoms with Crippen molar-refractivity contribution in [2.24, 2.45) is 5.41 Å². The van der Waals surface area contributed by atoms with Crippen LogP contribution in [0.25, 0.3) is 0 Å². The molecule has 3 nitrogen and oxygen atoms in total. The van der Waals surface area contributed by atoms with Crippen LogP contribution in [0.15, 0.2) is 21.2 Å². The van der Waals surface area contributed by atoms with E-state index in [0.29, 0.717) is 5.41 Å². The molecule has 1 aromatic rings. The number of hydrogen-bond acceptors (Lipinski definition) is 3. The summed E-state index contributed by atoms with van der Waals surface area (Å²) in [5, 5.41) is 3.36. The molecule has 0 unspecified atom stereocenters. The Bertz CT molecular complexity index is 307. The van der Waals surface area contributed by atoms with Gasteiger partial charge in [-0.1, -0.05) is 6.92 Å². The van der Waals surface area contributed by atoms with Crippen molar-refractivity contribution in [3.8, 4) is 0 Å². The van der Waals surface area contributed by atoms with E-state index in [-0.39, 0.29) is 0 Å². The summed E-state index contributed by atoms with van der Waals surface area (Å²) in [5.74, 6) is 0.959. The first-order valence-corrected chi connectivity index (χ1v) is 5.50. The molecule has 1 N–H and O–H groups in total. The number of hydrogen-bond donors (Lipinski definition) is 1. The lowest BCUT2D eigenvalue weighted by Crippen LogP contribution is -2.47. The van der Waals surface area contributed by atoms with Gasteiger partial charge in [0.1, 0.15) is 5.76 Å². The van der Waals surface area contributed by atoms with Crippen LogP contribution in [0.2, 0.25) is 0 Å². The van der Waals surface area contributed by atoms with Crippen LogP contribution in [0.1, 0.15) is 12.7 Å². The fourth-order valence-corrected chi connectivity index (χ4v) is 1.83. The number of furan rings is 1. The fourth-order valence-electron chi connectivity index (χ4n) is 1.49. The van der Waals surface area contributed by atoms with Crippen molar-refractivity contribution in [3.05, 3.63) is 22.6 Å². The Labute approximate surface area is 91.9 Å². The highest BCUT2D eigenvalue weighted by molar-refractivity contribution is 9.10. The molecule has 1 aromatic heterocycles. The monoisotopic (exact) mass is 259 g/mol. The molecule has 4 heteroatoms. The molecule has 1 fully saturated rings. The van der Waals surface area contributed by atoms with E-state index in [1.807, 2.05) is 12.1 Å². The van der Waals surface area contributed by atoms with Crippen molar-refractivity contribution >= 4 is 15.9 Å². The van der Waals surface area contributed by atoms with E-state index in [4.69, 9.17) is 9.15 Å². The minimum absolute atomic E-state index is 0.323. The van der Waals surface area contributed by atoms with Crippen LogP contribution in [0.4, 0.5) is 0 Å². The predicted molar refractivity (Wildman–Crippen MR) is 57.0 cm³/mol. The maximum atomic E-state index is 5.37. The number of rotatable bonds is 4. The van der Waals surface area contributed by atoms with Crippen molar-refractivity contribution in [3.63, 3.8) is 0 Å². The molecular weight excluding hydrogens is 246 g/mol. The maximum absolute atomic E-state index is 5.37. The third kappa shape index (κ3) is 2.38. The molecule has 0 radical (unpaired) electrons. The lowest BCUT2D eigenvalue weighted by molar-refractivity contribution is -0.0992. The van der Waals surface area contributed by atoms with Gasteiger partial charge in [0.2, 0.25) is 0 Å². The van der Waals surface area contributed by atoms with Crippen LogP contribution < -0.4 is 5.32 Å². The van der Waals surface area contributed by atoms with Crippen LogP contribution >= 0.6 is 15.9 Å². The van der Waals surface area contributed by atoms with E-state index in [1.54, 1.807) is 0 Å². The summed E-state index contributed by atoms with van der Waals surface area (Å²) in [6.07, 6.45) is 0. The lowest BCUT2D eigenvalue weighted by atomic mass is 9.89. The van der Waals surface area contributed by atoms with Crippen molar-refractivity contribution in [2.45, 2.75) is 13.5 Å². The Balaban J connectivity index is 1.72. The smallest absolute Gasteiger partial charge is 0.169 e. The van der Waals surface area contributed by atoms with Crippen LogP contribution in [-0.4, -0.2) is 19.8 Å². The molecule has 0 spiro atoms. The zero-order valence-corrected chi connectivity index (χ0v) is 9.76. The van der Waals surface area contributed by atoms with Gasteiger partial charge < -0.3 is 14.5 Å². The highest BCUT2D eigenvalue weighted by Gasteiger charge is 2.32. The summed E-state index contributed by atoms with van der Waals surface area (Å²) in [6.45, 7) is 5.71. The third-order valence-corrected chi connectivity index (χ3v) is 2.81. The van der Waals surface area contributed by atoms with Gasteiger partial charge in [-0.3, -0.25) is 0 Å². The van der Waals surface area contributed by atoms with Crippen molar-refractivity contribution in [2.75, 3.05) is 19.8 Å². The van der Waals surface area contributed by atoms with E-state index >= 15 is 0 Å². The first-order valence-electron chi connectivity index (χ1n) is 4.71. The van der Waals surface area contributed by atoms with Crippen LogP contribution in [0, 0.1) is 5.41 Å². The predicted octanol–water partition coefficient (Wildman–Crippen LogP) is 2.17. The van der Waals surface area contributed by atoms with E-state index in [1.165, 1.54) is 0 Å². The van der Waals surface area contributed by atoms with Gasteiger partial charge in [-0.25, -0.2) is 0 Å². The molecule has 0 aliphatic carbocycles. The standard InChI is InChI=1S/C10H14BrNO2/c1-10(6-13-7-10)5-12-4-8-2-3-9(11)14-8/h2-3,12H,4-7H2,1H3. The Morgan fingerprint density at radius 3 is 2.79 bits per heavy atom. The van der Waals surface area contributed by atoms with Crippen molar-refractivity contribution in [1.29, 1.82) is 0 Å². The van der Waals surface area contributed by atoms with Crippen LogP contribution in [-0.2, 0) is 11.3 Å². The first kappa shape index (κ1) is 10.2. The molecule has 78 valence electrons. The summed E-state index contributed by atoms with van der Waals surface area (Å²) in [7, 11) is 0. The molecule has 14 heavy (non-hydrogen) atoms. The molecule has 0 saturated carbocycles. The zero-order chi connectivity index (χ0) is 10.0. The molecule has 0 amide bonds. The quantitative estimate of drug-likeness (QED) is 0.900. The molecule has 0 atom stereocenters. The molecule has 1 aliphatic heterocycles. The van der Waals surface area contributed by atoms with Crippen LogP contribution in [0.3, 0.4) is 0 Å². The lowest BCUT2D eigenvalue weighted by Gasteiger charge is -2.38. The fraction of sp³-hybridized carbons (Fsp3) is 0.600. The Kier molecular flexibility index (Phi) is 2.95. The Hall–Kier alpha value is -0.320. The first-order chi connectivity index (χ1) is 6.68. The van der Waals surface area contributed by atoms with E-state index in [0.717, 1.165) is 36.7 Å². The summed E-state index contributed by atoms with van der Waals surface area (Å²) in [4.78, 5) is 0. The highest BCUT2D eigenvalue weighted by Crippen LogP contribution is 2.25. The topological polar surface area (TPSA) is 34.4 Å². The van der Waals surface area contributed by atoms with E-state index in [2.05, 4.69) is 28.2 Å². The Morgan fingerprint density at radius 2 is 2.29 bits per heavy atom. The van der Waals surface area contributed by atoms with Gasteiger partial charge in [0.15, 0.2) is 4.67 Å². The van der Waals surface area contributed by atoms with E-state index in [9.17, 15) is 0 Å². The molecular formula is C10H14BrNO2. The molecule has 2 rings (SSSR count). The number of halogens is 1. The average Bonchev–Trinajstić information content (AvgIpc) is 2.49. The third-order valence-electron chi connectivity index (χ3n) is 2.38. The van der Waals surface area contributed by atoms with Gasteiger partial charge in [0, 0.05) is 12.0 Å². The largest absolute Gasteiger partial charge is 0.453 e. The SMILES string of the molecule is CC1(CNCc2ccc(Br)o2)COC1. The normalized spacial score (nSPS) is 19.3. The van der Waals surface area contributed by atoms with Crippen molar-refractivity contribution < 1.29 is 9.15 Å². The molecule has 0 aromatic carbocycles. The second-order valence-corrected chi connectivity index (χ2v) is 4.89. The van der Waals surface area contributed by atoms with Gasteiger partial charge in [0.25, 0.3) is 0 Å². The van der Waals surface area contributed by atoms with Crippen molar-refractivity contribution in [1.82, 2.24) is 5.32 Å². The number of nitrogens with one attached hydrogen (secondary N) is 1. The second-order valence-electron chi connectivity index (χ2n) is 4.11. The average molecular weight is 260 g/mol. The minimum atomic E-state index is 0.323. The van der Waals surface area contributed by atoms with Gasteiger partial charge in [0.05, 0.1) is 19.8 Å². The molecule has 0 bridgehead atoms. The van der Waals surface area contributed by atoms with E-state index < -0.39 is 0 Å². The summed E-state index contributed by atoms with van der Waals surface area (Å²) in [6, 6.07) is 3.88. The van der Waals surface area contributed by atoms with Gasteiger partial charge in [-0.05, 0) is 28.1 Å². The zero-order valence-electron chi connectivity index (χ0n) is 8.18.